The molecule has 1 amide bonds. The first-order valence-corrected chi connectivity index (χ1v) is 9.55. The van der Waals surface area contributed by atoms with Crippen molar-refractivity contribution >= 4 is 22.4 Å². The van der Waals surface area contributed by atoms with Crippen LogP contribution in [0.5, 0.6) is 5.75 Å². The Morgan fingerprint density at radius 2 is 1.92 bits per heavy atom. The normalized spacial score (nSPS) is 11.4. The van der Waals surface area contributed by atoms with Gasteiger partial charge in [-0.05, 0) is 36.0 Å². The lowest BCUT2D eigenvalue weighted by Gasteiger charge is -2.19. The molecule has 0 aliphatic heterocycles. The minimum atomic E-state index is -0.0501. The van der Waals surface area contributed by atoms with E-state index in [0.717, 1.165) is 23.6 Å². The maximum absolute atomic E-state index is 11.9. The van der Waals surface area contributed by atoms with Gasteiger partial charge >= 0.3 is 0 Å². The van der Waals surface area contributed by atoms with Crippen molar-refractivity contribution in [2.75, 3.05) is 11.9 Å². The Bertz CT molecular complexity index is 675. The van der Waals surface area contributed by atoms with Gasteiger partial charge in [0.2, 0.25) is 11.0 Å². The van der Waals surface area contributed by atoms with E-state index in [1.807, 2.05) is 12.1 Å². The van der Waals surface area contributed by atoms with Gasteiger partial charge in [0.25, 0.3) is 0 Å². The SMILES string of the molecule is CCCc1nnc(NC(=O)CCCOc2ccc(C(C)(C)C)cc2)s1. The Kier molecular flexibility index (Phi) is 6.93. The quantitative estimate of drug-likeness (QED) is 0.699. The third kappa shape index (κ3) is 6.46. The number of carbonyl (C=O) groups excluding carboxylic acids is 1. The van der Waals surface area contributed by atoms with Crippen LogP contribution in [0, 0.1) is 0 Å². The van der Waals surface area contributed by atoms with Gasteiger partial charge in [-0.1, -0.05) is 51.2 Å². The second-order valence-electron chi connectivity index (χ2n) is 7.03. The molecule has 0 radical (unpaired) electrons. The topological polar surface area (TPSA) is 64.1 Å². The Morgan fingerprint density at radius 3 is 2.56 bits per heavy atom. The van der Waals surface area contributed by atoms with E-state index in [2.05, 4.69) is 55.3 Å². The summed E-state index contributed by atoms with van der Waals surface area (Å²) in [5.74, 6) is 0.785. The van der Waals surface area contributed by atoms with Gasteiger partial charge in [-0.15, -0.1) is 10.2 Å². The number of benzene rings is 1. The fourth-order valence-corrected chi connectivity index (χ4v) is 3.13. The predicted octanol–water partition coefficient (Wildman–Crippen LogP) is 4.59. The highest BCUT2D eigenvalue weighted by atomic mass is 32.1. The van der Waals surface area contributed by atoms with E-state index in [9.17, 15) is 4.79 Å². The predicted molar refractivity (Wildman–Crippen MR) is 102 cm³/mol. The van der Waals surface area contributed by atoms with Crippen molar-refractivity contribution in [2.45, 2.75) is 58.8 Å². The molecule has 0 saturated heterocycles. The van der Waals surface area contributed by atoms with Crippen LogP contribution in [-0.2, 0) is 16.6 Å². The van der Waals surface area contributed by atoms with Crippen LogP contribution < -0.4 is 10.1 Å². The molecule has 25 heavy (non-hydrogen) atoms. The smallest absolute Gasteiger partial charge is 0.226 e. The third-order valence-electron chi connectivity index (χ3n) is 3.71. The second kappa shape index (κ2) is 8.94. The zero-order valence-corrected chi connectivity index (χ0v) is 16.3. The molecular weight excluding hydrogens is 334 g/mol. The zero-order valence-electron chi connectivity index (χ0n) is 15.5. The number of ether oxygens (including phenoxy) is 1. The molecule has 0 unspecified atom stereocenters. The van der Waals surface area contributed by atoms with E-state index >= 15 is 0 Å². The van der Waals surface area contributed by atoms with Crippen LogP contribution in [0.2, 0.25) is 0 Å². The Morgan fingerprint density at radius 1 is 1.20 bits per heavy atom. The molecule has 1 N–H and O–H groups in total. The maximum atomic E-state index is 11.9. The van der Waals surface area contributed by atoms with Gasteiger partial charge < -0.3 is 10.1 Å². The molecule has 0 fully saturated rings. The van der Waals surface area contributed by atoms with E-state index in [-0.39, 0.29) is 11.3 Å². The first-order valence-electron chi connectivity index (χ1n) is 8.74. The van der Waals surface area contributed by atoms with Crippen molar-refractivity contribution < 1.29 is 9.53 Å². The van der Waals surface area contributed by atoms with E-state index < -0.39 is 0 Å². The highest BCUT2D eigenvalue weighted by molar-refractivity contribution is 7.15. The number of rotatable bonds is 8. The molecule has 0 aliphatic rings. The Labute approximate surface area is 153 Å². The molecule has 0 spiro atoms. The molecule has 1 heterocycles. The minimum absolute atomic E-state index is 0.0501. The molecule has 6 heteroatoms. The van der Waals surface area contributed by atoms with Crippen LogP contribution >= 0.6 is 11.3 Å². The standard InChI is InChI=1S/C19H27N3O2S/c1-5-7-17-21-22-18(25-17)20-16(23)8-6-13-24-15-11-9-14(10-12-15)19(2,3)4/h9-12H,5-8,13H2,1-4H3,(H,20,22,23). The van der Waals surface area contributed by atoms with Crippen LogP contribution in [0.25, 0.3) is 0 Å². The number of hydrogen-bond donors (Lipinski definition) is 1. The Hall–Kier alpha value is -1.95. The van der Waals surface area contributed by atoms with Crippen molar-refractivity contribution in [1.82, 2.24) is 10.2 Å². The molecule has 136 valence electrons. The van der Waals surface area contributed by atoms with Gasteiger partial charge in [-0.3, -0.25) is 4.79 Å². The number of nitrogens with zero attached hydrogens (tertiary/aromatic N) is 2. The number of nitrogens with one attached hydrogen (secondary N) is 1. The van der Waals surface area contributed by atoms with Gasteiger partial charge in [0.15, 0.2) is 0 Å². The second-order valence-corrected chi connectivity index (χ2v) is 8.09. The van der Waals surface area contributed by atoms with Gasteiger partial charge in [0, 0.05) is 12.8 Å². The first-order chi connectivity index (χ1) is 11.9. The summed E-state index contributed by atoms with van der Waals surface area (Å²) in [6.45, 7) is 9.16. The molecule has 5 nitrogen and oxygen atoms in total. The number of aryl methyl sites for hydroxylation is 1. The molecular formula is C19H27N3O2S. The largest absolute Gasteiger partial charge is 0.494 e. The fraction of sp³-hybridized carbons (Fsp3) is 0.526. The van der Waals surface area contributed by atoms with E-state index in [0.29, 0.717) is 24.6 Å². The lowest BCUT2D eigenvalue weighted by Crippen LogP contribution is -2.13. The highest BCUT2D eigenvalue weighted by Crippen LogP contribution is 2.24. The number of anilines is 1. The van der Waals surface area contributed by atoms with E-state index in [4.69, 9.17) is 4.74 Å². The molecule has 1 aromatic carbocycles. The first kappa shape index (κ1) is 19.4. The lowest BCUT2D eigenvalue weighted by atomic mass is 9.87. The summed E-state index contributed by atoms with van der Waals surface area (Å²) in [6.07, 6.45) is 2.99. The van der Waals surface area contributed by atoms with Crippen LogP contribution in [0.1, 0.15) is 57.5 Å². The van der Waals surface area contributed by atoms with Crippen LogP contribution in [0.15, 0.2) is 24.3 Å². The summed E-state index contributed by atoms with van der Waals surface area (Å²) in [5.41, 5.74) is 1.41. The van der Waals surface area contributed by atoms with Gasteiger partial charge in [-0.2, -0.15) is 0 Å². The van der Waals surface area contributed by atoms with Crippen molar-refractivity contribution in [3.63, 3.8) is 0 Å². The summed E-state index contributed by atoms with van der Waals surface area (Å²) in [4.78, 5) is 11.9. The number of amides is 1. The van der Waals surface area contributed by atoms with Crippen molar-refractivity contribution in [3.05, 3.63) is 34.8 Å². The molecule has 0 saturated carbocycles. The van der Waals surface area contributed by atoms with Crippen LogP contribution in [-0.4, -0.2) is 22.7 Å². The zero-order chi connectivity index (χ0) is 18.3. The Balaban J connectivity index is 1.69. The van der Waals surface area contributed by atoms with E-state index in [1.54, 1.807) is 0 Å². The number of hydrogen-bond acceptors (Lipinski definition) is 5. The molecule has 0 atom stereocenters. The minimum Gasteiger partial charge on any atom is -0.494 e. The number of carbonyl (C=O) groups is 1. The summed E-state index contributed by atoms with van der Waals surface area (Å²) in [5, 5.41) is 12.4. The average Bonchev–Trinajstić information content (AvgIpc) is 2.98. The average molecular weight is 362 g/mol. The molecule has 2 rings (SSSR count). The highest BCUT2D eigenvalue weighted by Gasteiger charge is 2.13. The van der Waals surface area contributed by atoms with Crippen molar-refractivity contribution in [3.8, 4) is 5.75 Å². The van der Waals surface area contributed by atoms with Crippen LogP contribution in [0.4, 0.5) is 5.13 Å². The molecule has 0 bridgehead atoms. The summed E-state index contributed by atoms with van der Waals surface area (Å²) in [7, 11) is 0. The van der Waals surface area contributed by atoms with Crippen molar-refractivity contribution in [2.24, 2.45) is 0 Å². The monoisotopic (exact) mass is 361 g/mol. The van der Waals surface area contributed by atoms with Gasteiger partial charge in [0.05, 0.1) is 6.61 Å². The number of aromatic nitrogens is 2. The maximum Gasteiger partial charge on any atom is 0.226 e. The van der Waals surface area contributed by atoms with Gasteiger partial charge in [0.1, 0.15) is 10.8 Å². The van der Waals surface area contributed by atoms with Gasteiger partial charge in [-0.25, -0.2) is 0 Å². The van der Waals surface area contributed by atoms with Crippen molar-refractivity contribution in [1.29, 1.82) is 0 Å². The third-order valence-corrected chi connectivity index (χ3v) is 4.61. The summed E-state index contributed by atoms with van der Waals surface area (Å²) >= 11 is 1.44. The summed E-state index contributed by atoms with van der Waals surface area (Å²) < 4.78 is 5.70. The molecule has 2 aromatic rings. The lowest BCUT2D eigenvalue weighted by molar-refractivity contribution is -0.116. The van der Waals surface area contributed by atoms with E-state index in [1.165, 1.54) is 16.9 Å². The fourth-order valence-electron chi connectivity index (χ4n) is 2.27. The summed E-state index contributed by atoms with van der Waals surface area (Å²) in [6, 6.07) is 8.14. The molecule has 0 aliphatic carbocycles. The van der Waals surface area contributed by atoms with Crippen LogP contribution in [0.3, 0.4) is 0 Å². The molecule has 1 aromatic heterocycles.